The Bertz CT molecular complexity index is 1400. The number of fused-ring (bicyclic) bond motifs is 2. The quantitative estimate of drug-likeness (QED) is 0.409. The van der Waals surface area contributed by atoms with E-state index in [0.29, 0.717) is 44.3 Å². The summed E-state index contributed by atoms with van der Waals surface area (Å²) in [6.07, 6.45) is 1.35. The second-order valence-corrected chi connectivity index (χ2v) is 6.83. The van der Waals surface area contributed by atoms with Crippen molar-refractivity contribution < 1.29 is 13.2 Å². The van der Waals surface area contributed by atoms with Crippen molar-refractivity contribution in [2.75, 3.05) is 0 Å². The average molecular weight is 393 g/mol. The minimum atomic E-state index is -0.615. The van der Waals surface area contributed by atoms with Crippen LogP contribution in [0.2, 0.25) is 0 Å². The van der Waals surface area contributed by atoms with E-state index >= 15 is 0 Å². The monoisotopic (exact) mass is 393 g/mol. The Morgan fingerprint density at radius 1 is 0.966 bits per heavy atom. The lowest BCUT2D eigenvalue weighted by atomic mass is 10.0. The van der Waals surface area contributed by atoms with E-state index in [1.54, 1.807) is 29.8 Å². The van der Waals surface area contributed by atoms with E-state index in [4.69, 9.17) is 0 Å². The van der Waals surface area contributed by atoms with Gasteiger partial charge in [-0.05, 0) is 42.8 Å². The molecule has 5 rings (SSSR count). The molecule has 0 unspecified atom stereocenters. The van der Waals surface area contributed by atoms with E-state index in [9.17, 15) is 13.2 Å². The van der Waals surface area contributed by atoms with Crippen LogP contribution < -0.4 is 0 Å². The molecule has 29 heavy (non-hydrogen) atoms. The number of halogens is 3. The SMILES string of the molecule is Cc1cc(F)cc2c(-c3cccc4nn(C)c(F)c34)nn(-c3ccc(F)nc3)c12. The zero-order valence-corrected chi connectivity index (χ0v) is 15.5. The summed E-state index contributed by atoms with van der Waals surface area (Å²) in [5.74, 6) is -1.54. The Balaban J connectivity index is 1.90. The minimum Gasteiger partial charge on any atom is -0.242 e. The first kappa shape index (κ1) is 17.4. The average Bonchev–Trinajstić information content (AvgIpc) is 3.20. The highest BCUT2D eigenvalue weighted by molar-refractivity contribution is 6.03. The summed E-state index contributed by atoms with van der Waals surface area (Å²) in [6, 6.07) is 10.7. The molecule has 0 atom stereocenters. The van der Waals surface area contributed by atoms with Gasteiger partial charge in [0.15, 0.2) is 0 Å². The second-order valence-electron chi connectivity index (χ2n) is 6.83. The molecule has 8 heteroatoms. The topological polar surface area (TPSA) is 48.5 Å². The second kappa shape index (κ2) is 6.16. The van der Waals surface area contributed by atoms with Gasteiger partial charge in [0.05, 0.1) is 28.3 Å². The molecule has 0 radical (unpaired) electrons. The zero-order chi connectivity index (χ0) is 20.3. The molecule has 2 aromatic carbocycles. The molecule has 5 aromatic rings. The molecule has 0 aliphatic rings. The van der Waals surface area contributed by atoms with Crippen molar-refractivity contribution >= 4 is 21.8 Å². The van der Waals surface area contributed by atoms with E-state index < -0.39 is 17.7 Å². The molecule has 0 bridgehead atoms. The number of hydrogen-bond donors (Lipinski definition) is 0. The maximum Gasteiger partial charge on any atom is 0.219 e. The third-order valence-corrected chi connectivity index (χ3v) is 4.93. The maximum absolute atomic E-state index is 14.8. The molecule has 0 aliphatic carbocycles. The molecule has 3 aromatic heterocycles. The van der Waals surface area contributed by atoms with Crippen molar-refractivity contribution in [1.29, 1.82) is 0 Å². The van der Waals surface area contributed by atoms with Crippen LogP contribution in [-0.4, -0.2) is 24.5 Å². The van der Waals surface area contributed by atoms with E-state index in [1.165, 1.54) is 37.5 Å². The van der Waals surface area contributed by atoms with Crippen molar-refractivity contribution in [2.45, 2.75) is 6.92 Å². The predicted molar refractivity (Wildman–Crippen MR) is 103 cm³/mol. The zero-order valence-electron chi connectivity index (χ0n) is 15.5. The molecule has 0 fully saturated rings. The van der Waals surface area contributed by atoms with Crippen LogP contribution in [0.5, 0.6) is 0 Å². The Kier molecular flexibility index (Phi) is 3.70. The largest absolute Gasteiger partial charge is 0.242 e. The van der Waals surface area contributed by atoms with Crippen LogP contribution in [0.1, 0.15) is 5.56 Å². The van der Waals surface area contributed by atoms with Gasteiger partial charge in [-0.25, -0.2) is 18.7 Å². The molecule has 0 N–H and O–H groups in total. The lowest BCUT2D eigenvalue weighted by Crippen LogP contribution is -1.99. The van der Waals surface area contributed by atoms with Crippen LogP contribution in [0.25, 0.3) is 38.8 Å². The van der Waals surface area contributed by atoms with Crippen LogP contribution in [0.15, 0.2) is 48.7 Å². The molecular formula is C21H14F3N5. The van der Waals surface area contributed by atoms with Gasteiger partial charge in [0.1, 0.15) is 11.5 Å². The van der Waals surface area contributed by atoms with Crippen LogP contribution in [-0.2, 0) is 7.05 Å². The van der Waals surface area contributed by atoms with Crippen LogP contribution >= 0.6 is 0 Å². The van der Waals surface area contributed by atoms with E-state index in [1.807, 2.05) is 0 Å². The fourth-order valence-electron chi connectivity index (χ4n) is 3.69. The third-order valence-electron chi connectivity index (χ3n) is 4.93. The van der Waals surface area contributed by atoms with Gasteiger partial charge in [-0.2, -0.15) is 19.0 Å². The van der Waals surface area contributed by atoms with E-state index in [0.717, 1.165) is 4.68 Å². The van der Waals surface area contributed by atoms with Crippen molar-refractivity contribution in [3.05, 3.63) is 71.9 Å². The van der Waals surface area contributed by atoms with Crippen LogP contribution in [0.4, 0.5) is 13.2 Å². The van der Waals surface area contributed by atoms with Gasteiger partial charge in [-0.15, -0.1) is 0 Å². The molecular weight excluding hydrogens is 379 g/mol. The van der Waals surface area contributed by atoms with Gasteiger partial charge >= 0.3 is 0 Å². The first-order chi connectivity index (χ1) is 13.9. The molecule has 0 saturated heterocycles. The van der Waals surface area contributed by atoms with Crippen molar-refractivity contribution in [1.82, 2.24) is 24.5 Å². The lowest BCUT2D eigenvalue weighted by Gasteiger charge is -2.05. The normalized spacial score (nSPS) is 11.6. The Morgan fingerprint density at radius 3 is 2.55 bits per heavy atom. The van der Waals surface area contributed by atoms with E-state index in [2.05, 4.69) is 15.2 Å². The molecule has 3 heterocycles. The third kappa shape index (κ3) is 2.60. The lowest BCUT2D eigenvalue weighted by molar-refractivity contribution is 0.512. The summed E-state index contributed by atoms with van der Waals surface area (Å²) >= 11 is 0. The number of aromatic nitrogens is 5. The first-order valence-electron chi connectivity index (χ1n) is 8.86. The van der Waals surface area contributed by atoms with Crippen LogP contribution in [0.3, 0.4) is 0 Å². The van der Waals surface area contributed by atoms with Crippen molar-refractivity contribution in [3.8, 4) is 16.9 Å². The standard InChI is InChI=1S/C21H14F3N5/c1-11-8-12(22)9-15-19(14-4-3-5-16-18(14)21(24)28(2)26-16)27-29(20(11)15)13-6-7-17(23)25-10-13/h3-10H,1-2H3. The fraction of sp³-hybridized carbons (Fsp3) is 0.0952. The Labute approximate surface area is 163 Å². The Morgan fingerprint density at radius 2 is 1.79 bits per heavy atom. The summed E-state index contributed by atoms with van der Waals surface area (Å²) in [5.41, 5.74) is 3.16. The van der Waals surface area contributed by atoms with E-state index in [-0.39, 0.29) is 0 Å². The summed E-state index contributed by atoms with van der Waals surface area (Å²) in [4.78, 5) is 3.68. The Hall–Kier alpha value is -3.68. The van der Waals surface area contributed by atoms with Crippen LogP contribution in [0, 0.1) is 24.6 Å². The number of nitrogens with zero attached hydrogens (tertiary/aromatic N) is 5. The number of rotatable bonds is 2. The number of hydrogen-bond acceptors (Lipinski definition) is 3. The number of aryl methyl sites for hydroxylation is 2. The smallest absolute Gasteiger partial charge is 0.219 e. The highest BCUT2D eigenvalue weighted by atomic mass is 19.1. The molecule has 0 amide bonds. The van der Waals surface area contributed by atoms with Crippen molar-refractivity contribution in [3.63, 3.8) is 0 Å². The van der Waals surface area contributed by atoms with Gasteiger partial charge in [-0.3, -0.25) is 0 Å². The van der Waals surface area contributed by atoms with Crippen molar-refractivity contribution in [2.24, 2.45) is 7.05 Å². The molecule has 144 valence electrons. The number of benzene rings is 2. The summed E-state index contributed by atoms with van der Waals surface area (Å²) in [6.45, 7) is 1.76. The minimum absolute atomic E-state index is 0.306. The maximum atomic E-state index is 14.8. The number of pyridine rings is 1. The highest BCUT2D eigenvalue weighted by Gasteiger charge is 2.21. The molecule has 5 nitrogen and oxygen atoms in total. The van der Waals surface area contributed by atoms with Gasteiger partial charge in [0.2, 0.25) is 11.9 Å². The van der Waals surface area contributed by atoms with Gasteiger partial charge < -0.3 is 0 Å². The predicted octanol–water partition coefficient (Wildman–Crippen LogP) is 4.70. The summed E-state index contributed by atoms with van der Waals surface area (Å²) in [7, 11) is 1.52. The summed E-state index contributed by atoms with van der Waals surface area (Å²) < 4.78 is 45.1. The molecule has 0 aliphatic heterocycles. The van der Waals surface area contributed by atoms with Gasteiger partial charge in [0.25, 0.3) is 0 Å². The van der Waals surface area contributed by atoms with Gasteiger partial charge in [0, 0.05) is 18.0 Å². The van der Waals surface area contributed by atoms with Gasteiger partial charge in [-0.1, -0.05) is 12.1 Å². The molecule has 0 saturated carbocycles. The summed E-state index contributed by atoms with van der Waals surface area (Å²) in [5, 5.41) is 9.64. The highest BCUT2D eigenvalue weighted by Crippen LogP contribution is 2.36. The fourth-order valence-corrected chi connectivity index (χ4v) is 3.69. The molecule has 0 spiro atoms. The first-order valence-corrected chi connectivity index (χ1v) is 8.86.